The van der Waals surface area contributed by atoms with Gasteiger partial charge in [0.1, 0.15) is 0 Å². The molecule has 0 saturated carbocycles. The van der Waals surface area contributed by atoms with Crippen LogP contribution in [0.4, 0.5) is 4.79 Å². The summed E-state index contributed by atoms with van der Waals surface area (Å²) in [4.78, 5) is 46.0. The second-order valence-electron chi connectivity index (χ2n) is 7.38. The van der Waals surface area contributed by atoms with Gasteiger partial charge in [-0.05, 0) is 43.3 Å². The van der Waals surface area contributed by atoms with E-state index in [1.165, 1.54) is 16.3 Å². The Labute approximate surface area is 200 Å². The van der Waals surface area contributed by atoms with E-state index in [0.29, 0.717) is 59.6 Å². The molecule has 1 saturated heterocycles. The minimum Gasteiger partial charge on any atom is -0.450 e. The lowest BCUT2D eigenvalue weighted by Gasteiger charge is -2.34. The molecule has 8 nitrogen and oxygen atoms in total. The van der Waals surface area contributed by atoms with Crippen molar-refractivity contribution in [1.82, 2.24) is 19.4 Å². The van der Waals surface area contributed by atoms with Crippen molar-refractivity contribution in [3.05, 3.63) is 63.9 Å². The van der Waals surface area contributed by atoms with Crippen LogP contribution in [-0.4, -0.2) is 69.9 Å². The summed E-state index contributed by atoms with van der Waals surface area (Å²) in [7, 11) is 0. The number of fused-ring (bicyclic) bond motifs is 1. The number of ether oxygens (including phenoxy) is 1. The van der Waals surface area contributed by atoms with E-state index in [-0.39, 0.29) is 23.3 Å². The van der Waals surface area contributed by atoms with Crippen LogP contribution >= 0.6 is 23.4 Å². The van der Waals surface area contributed by atoms with Gasteiger partial charge in [-0.2, -0.15) is 0 Å². The second kappa shape index (κ2) is 10.3. The number of rotatable bonds is 5. The van der Waals surface area contributed by atoms with Crippen LogP contribution in [0.1, 0.15) is 6.92 Å². The van der Waals surface area contributed by atoms with E-state index in [2.05, 4.69) is 4.98 Å². The Kier molecular flexibility index (Phi) is 7.20. The van der Waals surface area contributed by atoms with Crippen molar-refractivity contribution in [2.24, 2.45) is 0 Å². The van der Waals surface area contributed by atoms with Gasteiger partial charge in [-0.15, -0.1) is 0 Å². The summed E-state index contributed by atoms with van der Waals surface area (Å²) in [5.41, 5.74) is 0.993. The molecule has 172 valence electrons. The van der Waals surface area contributed by atoms with Crippen molar-refractivity contribution in [2.45, 2.75) is 12.1 Å². The normalized spacial score (nSPS) is 13.9. The van der Waals surface area contributed by atoms with Gasteiger partial charge in [-0.25, -0.2) is 9.78 Å². The summed E-state index contributed by atoms with van der Waals surface area (Å²) in [5.74, 6) is 0.0474. The molecule has 2 heterocycles. The summed E-state index contributed by atoms with van der Waals surface area (Å²) in [6.07, 6.45) is -0.355. The number of piperazine rings is 1. The maximum Gasteiger partial charge on any atom is 0.409 e. The molecule has 1 fully saturated rings. The van der Waals surface area contributed by atoms with Crippen molar-refractivity contribution in [1.29, 1.82) is 0 Å². The summed E-state index contributed by atoms with van der Waals surface area (Å²) in [6.45, 7) is 3.82. The molecular formula is C23H23ClN4O4S. The van der Waals surface area contributed by atoms with Crippen molar-refractivity contribution in [3.8, 4) is 5.69 Å². The number of amides is 2. The number of carbonyl (C=O) groups excluding carboxylic acids is 2. The van der Waals surface area contributed by atoms with Crippen LogP contribution in [-0.2, 0) is 9.53 Å². The van der Waals surface area contributed by atoms with Gasteiger partial charge in [0, 0.05) is 31.2 Å². The third-order valence-corrected chi connectivity index (χ3v) is 6.49. The zero-order valence-corrected chi connectivity index (χ0v) is 19.6. The topological polar surface area (TPSA) is 84.7 Å². The van der Waals surface area contributed by atoms with Crippen LogP contribution in [0, 0.1) is 0 Å². The third-order valence-electron chi connectivity index (χ3n) is 5.31. The summed E-state index contributed by atoms with van der Waals surface area (Å²) >= 11 is 7.23. The quantitative estimate of drug-likeness (QED) is 0.406. The molecule has 0 N–H and O–H groups in total. The van der Waals surface area contributed by atoms with Crippen molar-refractivity contribution >= 4 is 46.3 Å². The standard InChI is InChI=1S/C23H23ClN4O4S/c1-2-32-23(31)27-13-11-26(12-14-27)20(29)15-33-22-25-19-6-4-3-5-18(19)21(30)28(22)17-9-7-16(24)8-10-17/h3-10H,2,11-15H2,1H3. The maximum absolute atomic E-state index is 13.3. The molecule has 1 aromatic heterocycles. The smallest absolute Gasteiger partial charge is 0.409 e. The fraction of sp³-hybridized carbons (Fsp3) is 0.304. The number of benzene rings is 2. The molecule has 2 aromatic carbocycles. The van der Waals surface area contributed by atoms with Crippen molar-refractivity contribution in [2.75, 3.05) is 38.5 Å². The van der Waals surface area contributed by atoms with Crippen LogP contribution in [0.5, 0.6) is 0 Å². The van der Waals surface area contributed by atoms with Gasteiger partial charge in [0.05, 0.1) is 29.0 Å². The predicted octanol–water partition coefficient (Wildman–Crippen LogP) is 3.43. The molecule has 0 atom stereocenters. The van der Waals surface area contributed by atoms with Gasteiger partial charge in [-0.1, -0.05) is 35.5 Å². The lowest BCUT2D eigenvalue weighted by Crippen LogP contribution is -2.51. The summed E-state index contributed by atoms with van der Waals surface area (Å²) in [6, 6.07) is 14.1. The number of para-hydroxylation sites is 1. The van der Waals surface area contributed by atoms with Crippen LogP contribution < -0.4 is 5.56 Å². The highest BCUT2D eigenvalue weighted by Gasteiger charge is 2.25. The molecule has 0 aliphatic carbocycles. The highest BCUT2D eigenvalue weighted by atomic mass is 35.5. The van der Waals surface area contributed by atoms with E-state index < -0.39 is 0 Å². The van der Waals surface area contributed by atoms with E-state index in [0.717, 1.165) is 0 Å². The minimum absolute atomic E-state index is 0.0754. The largest absolute Gasteiger partial charge is 0.450 e. The molecule has 0 spiro atoms. The molecule has 3 aromatic rings. The minimum atomic E-state index is -0.355. The van der Waals surface area contributed by atoms with Crippen LogP contribution in [0.15, 0.2) is 58.5 Å². The van der Waals surface area contributed by atoms with Crippen LogP contribution in [0.2, 0.25) is 5.02 Å². The van der Waals surface area contributed by atoms with Crippen molar-refractivity contribution in [3.63, 3.8) is 0 Å². The fourth-order valence-electron chi connectivity index (χ4n) is 3.60. The SMILES string of the molecule is CCOC(=O)N1CCN(C(=O)CSc2nc3ccccc3c(=O)n2-c2ccc(Cl)cc2)CC1. The number of carbonyl (C=O) groups is 2. The average molecular weight is 487 g/mol. The fourth-order valence-corrected chi connectivity index (χ4v) is 4.64. The van der Waals surface area contributed by atoms with E-state index in [1.54, 1.807) is 59.2 Å². The average Bonchev–Trinajstić information content (AvgIpc) is 2.84. The zero-order valence-electron chi connectivity index (χ0n) is 18.1. The molecule has 1 aliphatic rings. The van der Waals surface area contributed by atoms with Gasteiger partial charge in [0.2, 0.25) is 5.91 Å². The Balaban J connectivity index is 1.53. The predicted molar refractivity (Wildman–Crippen MR) is 128 cm³/mol. The number of hydrogen-bond donors (Lipinski definition) is 0. The van der Waals surface area contributed by atoms with E-state index >= 15 is 0 Å². The molecule has 4 rings (SSSR count). The first kappa shape index (κ1) is 23.1. The maximum atomic E-state index is 13.3. The third kappa shape index (κ3) is 5.15. The molecule has 10 heteroatoms. The van der Waals surface area contributed by atoms with Crippen molar-refractivity contribution < 1.29 is 14.3 Å². The first-order valence-electron chi connectivity index (χ1n) is 10.6. The monoisotopic (exact) mass is 486 g/mol. The Morgan fingerprint density at radius 3 is 2.39 bits per heavy atom. The Morgan fingerprint density at radius 1 is 1.03 bits per heavy atom. The van der Waals surface area contributed by atoms with Gasteiger partial charge < -0.3 is 14.5 Å². The van der Waals surface area contributed by atoms with Gasteiger partial charge >= 0.3 is 6.09 Å². The Morgan fingerprint density at radius 2 is 1.70 bits per heavy atom. The first-order valence-corrected chi connectivity index (χ1v) is 11.9. The summed E-state index contributed by atoms with van der Waals surface area (Å²) < 4.78 is 6.53. The number of aromatic nitrogens is 2. The van der Waals surface area contributed by atoms with Gasteiger partial charge in [0.15, 0.2) is 5.16 Å². The second-order valence-corrected chi connectivity index (χ2v) is 8.76. The summed E-state index contributed by atoms with van der Waals surface area (Å²) in [5, 5.41) is 1.49. The highest BCUT2D eigenvalue weighted by Crippen LogP contribution is 2.23. The van der Waals surface area contributed by atoms with Crippen LogP contribution in [0.3, 0.4) is 0 Å². The number of nitrogens with zero attached hydrogens (tertiary/aromatic N) is 4. The Hall–Kier alpha value is -3.04. The lowest BCUT2D eigenvalue weighted by molar-refractivity contribution is -0.129. The number of thioether (sulfide) groups is 1. The first-order chi connectivity index (χ1) is 16.0. The lowest BCUT2D eigenvalue weighted by atomic mass is 10.2. The zero-order chi connectivity index (χ0) is 23.4. The Bertz CT molecular complexity index is 1220. The highest BCUT2D eigenvalue weighted by molar-refractivity contribution is 7.99. The van der Waals surface area contributed by atoms with Gasteiger partial charge in [-0.3, -0.25) is 14.2 Å². The molecule has 0 bridgehead atoms. The number of halogens is 1. The van der Waals surface area contributed by atoms with E-state index in [9.17, 15) is 14.4 Å². The molecular weight excluding hydrogens is 464 g/mol. The molecule has 0 unspecified atom stereocenters. The molecule has 0 radical (unpaired) electrons. The van der Waals surface area contributed by atoms with Gasteiger partial charge in [0.25, 0.3) is 5.56 Å². The van der Waals surface area contributed by atoms with E-state index in [1.807, 2.05) is 6.07 Å². The van der Waals surface area contributed by atoms with Crippen LogP contribution in [0.25, 0.3) is 16.6 Å². The number of hydrogen-bond acceptors (Lipinski definition) is 6. The molecule has 2 amide bonds. The molecule has 33 heavy (non-hydrogen) atoms. The van der Waals surface area contributed by atoms with E-state index in [4.69, 9.17) is 16.3 Å². The molecule has 1 aliphatic heterocycles.